The summed E-state index contributed by atoms with van der Waals surface area (Å²) in [7, 11) is -4.07. The average Bonchev–Trinajstić information content (AvgIpc) is 2.67. The van der Waals surface area contributed by atoms with Gasteiger partial charge in [-0.25, -0.2) is 0 Å². The van der Waals surface area contributed by atoms with Crippen molar-refractivity contribution in [3.05, 3.63) is 42.5 Å². The van der Waals surface area contributed by atoms with E-state index in [0.717, 1.165) is 25.2 Å². The Balaban J connectivity index is 1.62. The van der Waals surface area contributed by atoms with Crippen LogP contribution in [0.2, 0.25) is 0 Å². The highest BCUT2D eigenvalue weighted by Gasteiger charge is 2.25. The Kier molecular flexibility index (Phi) is 4.89. The molecular weight excluding hydrogens is 380 g/mol. The summed E-state index contributed by atoms with van der Waals surface area (Å²) in [6.45, 7) is 3.84. The summed E-state index contributed by atoms with van der Waals surface area (Å²) in [5.74, 6) is 0.950. The van der Waals surface area contributed by atoms with Gasteiger partial charge in [0.2, 0.25) is 0 Å². The molecule has 1 saturated heterocycles. The molecule has 2 aromatic rings. The molecule has 1 fully saturated rings. The first-order chi connectivity index (χ1) is 13.4. The monoisotopic (exact) mass is 402 g/mol. The first kappa shape index (κ1) is 18.6. The third kappa shape index (κ3) is 3.77. The second kappa shape index (κ2) is 7.35. The molecule has 0 bridgehead atoms. The van der Waals surface area contributed by atoms with Gasteiger partial charge in [-0.1, -0.05) is 19.1 Å². The van der Waals surface area contributed by atoms with Gasteiger partial charge >= 0.3 is 10.1 Å². The standard InChI is InChI=1S/C20H22N2O5S/c1-14-5-4-10-22(12-14)17-6-2-3-7-19(17)27-28(24,25)15-8-9-18-16(11-15)21-20(23)13-26-18/h2-3,6-9,11,14H,4-5,10,12-13H2,1H3,(H,21,23). The number of nitrogens with zero attached hydrogens (tertiary/aromatic N) is 1. The van der Waals surface area contributed by atoms with Gasteiger partial charge in [0, 0.05) is 13.1 Å². The number of anilines is 2. The minimum atomic E-state index is -4.07. The summed E-state index contributed by atoms with van der Waals surface area (Å²) < 4.78 is 36.5. The molecule has 8 heteroatoms. The number of ether oxygens (including phenoxy) is 1. The molecule has 2 aliphatic heterocycles. The zero-order valence-corrected chi connectivity index (χ0v) is 16.4. The van der Waals surface area contributed by atoms with Crippen LogP contribution in [0.4, 0.5) is 11.4 Å². The van der Waals surface area contributed by atoms with E-state index < -0.39 is 10.1 Å². The molecule has 2 aliphatic rings. The van der Waals surface area contributed by atoms with Gasteiger partial charge < -0.3 is 19.1 Å². The normalized spacial score (nSPS) is 19.4. The fourth-order valence-electron chi connectivity index (χ4n) is 3.58. The van der Waals surface area contributed by atoms with Crippen molar-refractivity contribution in [3.8, 4) is 11.5 Å². The van der Waals surface area contributed by atoms with Crippen LogP contribution >= 0.6 is 0 Å². The second-order valence-corrected chi connectivity index (χ2v) is 8.74. The summed E-state index contributed by atoms with van der Waals surface area (Å²) >= 11 is 0. The average molecular weight is 402 g/mol. The fourth-order valence-corrected chi connectivity index (χ4v) is 4.55. The fraction of sp³-hybridized carbons (Fsp3) is 0.350. The van der Waals surface area contributed by atoms with Crippen LogP contribution in [0.5, 0.6) is 11.5 Å². The van der Waals surface area contributed by atoms with Crippen LogP contribution in [0.3, 0.4) is 0 Å². The van der Waals surface area contributed by atoms with Crippen LogP contribution in [-0.4, -0.2) is 34.0 Å². The van der Waals surface area contributed by atoms with Gasteiger partial charge in [0.1, 0.15) is 10.6 Å². The third-order valence-electron chi connectivity index (χ3n) is 4.94. The van der Waals surface area contributed by atoms with Crippen molar-refractivity contribution in [2.45, 2.75) is 24.7 Å². The lowest BCUT2D eigenvalue weighted by Gasteiger charge is -2.33. The van der Waals surface area contributed by atoms with Gasteiger partial charge in [0.05, 0.1) is 11.4 Å². The predicted octanol–water partition coefficient (Wildman–Crippen LogP) is 3.02. The zero-order valence-electron chi connectivity index (χ0n) is 15.6. The first-order valence-electron chi connectivity index (χ1n) is 9.27. The van der Waals surface area contributed by atoms with Gasteiger partial charge in [-0.05, 0) is 49.1 Å². The quantitative estimate of drug-likeness (QED) is 0.792. The van der Waals surface area contributed by atoms with E-state index in [1.54, 1.807) is 12.1 Å². The number of hydrogen-bond acceptors (Lipinski definition) is 6. The van der Waals surface area contributed by atoms with Crippen LogP contribution in [0, 0.1) is 5.92 Å². The van der Waals surface area contributed by atoms with E-state index in [-0.39, 0.29) is 17.4 Å². The highest BCUT2D eigenvalue weighted by molar-refractivity contribution is 7.87. The molecule has 0 aromatic heterocycles. The molecule has 0 aliphatic carbocycles. The summed E-state index contributed by atoms with van der Waals surface area (Å²) in [5, 5.41) is 2.61. The number of para-hydroxylation sites is 2. The number of hydrogen-bond donors (Lipinski definition) is 1. The van der Waals surface area contributed by atoms with Crippen molar-refractivity contribution >= 4 is 27.4 Å². The Morgan fingerprint density at radius 2 is 2.04 bits per heavy atom. The third-order valence-corrected chi connectivity index (χ3v) is 6.17. The Bertz CT molecular complexity index is 1010. The van der Waals surface area contributed by atoms with Crippen molar-refractivity contribution in [2.24, 2.45) is 5.92 Å². The van der Waals surface area contributed by atoms with Gasteiger partial charge in [0.25, 0.3) is 5.91 Å². The maximum Gasteiger partial charge on any atom is 0.339 e. The second-order valence-electron chi connectivity index (χ2n) is 7.19. The molecule has 7 nitrogen and oxygen atoms in total. The van der Waals surface area contributed by atoms with E-state index in [9.17, 15) is 13.2 Å². The number of rotatable bonds is 4. The maximum atomic E-state index is 12.9. The van der Waals surface area contributed by atoms with E-state index in [0.29, 0.717) is 23.1 Å². The molecule has 28 heavy (non-hydrogen) atoms. The highest BCUT2D eigenvalue weighted by atomic mass is 32.2. The molecule has 1 amide bonds. The largest absolute Gasteiger partial charge is 0.482 e. The smallest absolute Gasteiger partial charge is 0.339 e. The Morgan fingerprint density at radius 3 is 2.86 bits per heavy atom. The predicted molar refractivity (Wildman–Crippen MR) is 105 cm³/mol. The summed E-state index contributed by atoms with van der Waals surface area (Å²) in [4.78, 5) is 13.6. The number of piperidine rings is 1. The Labute approximate surface area is 164 Å². The number of benzene rings is 2. The van der Waals surface area contributed by atoms with Crippen LogP contribution in [0.25, 0.3) is 0 Å². The zero-order chi connectivity index (χ0) is 19.7. The molecule has 2 heterocycles. The van der Waals surface area contributed by atoms with Crippen LogP contribution in [-0.2, 0) is 14.9 Å². The van der Waals surface area contributed by atoms with Crippen molar-refractivity contribution in [3.63, 3.8) is 0 Å². The highest BCUT2D eigenvalue weighted by Crippen LogP contribution is 2.35. The number of fused-ring (bicyclic) bond motifs is 1. The lowest BCUT2D eigenvalue weighted by atomic mass is 10.00. The number of nitrogens with one attached hydrogen (secondary N) is 1. The lowest BCUT2D eigenvalue weighted by molar-refractivity contribution is -0.118. The Morgan fingerprint density at radius 1 is 1.21 bits per heavy atom. The molecule has 1 unspecified atom stereocenters. The van der Waals surface area contributed by atoms with Crippen molar-refractivity contribution in [2.75, 3.05) is 29.9 Å². The van der Waals surface area contributed by atoms with E-state index in [4.69, 9.17) is 8.92 Å². The van der Waals surface area contributed by atoms with Crippen LogP contribution < -0.4 is 19.1 Å². The van der Waals surface area contributed by atoms with Crippen LogP contribution in [0.15, 0.2) is 47.4 Å². The van der Waals surface area contributed by atoms with E-state index in [1.807, 2.05) is 12.1 Å². The summed E-state index contributed by atoms with van der Waals surface area (Å²) in [6, 6.07) is 11.5. The van der Waals surface area contributed by atoms with Gasteiger partial charge in [0.15, 0.2) is 12.4 Å². The number of amides is 1. The number of carbonyl (C=O) groups is 1. The summed E-state index contributed by atoms with van der Waals surface area (Å²) in [6.07, 6.45) is 2.23. The van der Waals surface area contributed by atoms with Crippen molar-refractivity contribution in [1.29, 1.82) is 0 Å². The van der Waals surface area contributed by atoms with Crippen molar-refractivity contribution < 1.29 is 22.1 Å². The minimum Gasteiger partial charge on any atom is -0.482 e. The Hall–Kier alpha value is -2.74. The molecule has 0 spiro atoms. The van der Waals surface area contributed by atoms with Gasteiger partial charge in [-0.3, -0.25) is 4.79 Å². The molecule has 148 valence electrons. The molecule has 0 radical (unpaired) electrons. The molecule has 4 rings (SSSR count). The van der Waals surface area contributed by atoms with Crippen LogP contribution in [0.1, 0.15) is 19.8 Å². The van der Waals surface area contributed by atoms with E-state index in [2.05, 4.69) is 17.1 Å². The molecule has 1 atom stereocenters. The van der Waals surface area contributed by atoms with Gasteiger partial charge in [-0.15, -0.1) is 0 Å². The van der Waals surface area contributed by atoms with E-state index in [1.165, 1.54) is 24.6 Å². The minimum absolute atomic E-state index is 0.0427. The number of carbonyl (C=O) groups excluding carboxylic acids is 1. The van der Waals surface area contributed by atoms with Gasteiger partial charge in [-0.2, -0.15) is 8.42 Å². The molecular formula is C20H22N2O5S. The first-order valence-corrected chi connectivity index (χ1v) is 10.7. The topological polar surface area (TPSA) is 84.9 Å². The molecule has 2 aromatic carbocycles. The maximum absolute atomic E-state index is 12.9. The lowest BCUT2D eigenvalue weighted by Crippen LogP contribution is -2.34. The van der Waals surface area contributed by atoms with E-state index >= 15 is 0 Å². The SMILES string of the molecule is CC1CCCN(c2ccccc2OS(=O)(=O)c2ccc3c(c2)NC(=O)CO3)C1. The molecule has 0 saturated carbocycles. The summed E-state index contributed by atoms with van der Waals surface area (Å²) in [5.41, 5.74) is 1.09. The molecule has 1 N–H and O–H groups in total. The van der Waals surface area contributed by atoms with Crippen molar-refractivity contribution in [1.82, 2.24) is 0 Å².